The molecule has 2 heterocycles. The van der Waals surface area contributed by atoms with Crippen LogP contribution in [0.3, 0.4) is 0 Å². The van der Waals surface area contributed by atoms with Crippen LogP contribution < -0.4 is 5.32 Å². The molecule has 1 saturated heterocycles. The van der Waals surface area contributed by atoms with Crippen LogP contribution in [0.4, 0.5) is 0 Å². The van der Waals surface area contributed by atoms with Gasteiger partial charge in [0.05, 0.1) is 18.2 Å². The van der Waals surface area contributed by atoms with Crippen molar-refractivity contribution in [2.24, 2.45) is 0 Å². The van der Waals surface area contributed by atoms with E-state index in [1.54, 1.807) is 6.20 Å². The van der Waals surface area contributed by atoms with Crippen LogP contribution in [-0.2, 0) is 16.1 Å². The molecule has 1 aliphatic carbocycles. The Balaban J connectivity index is 1.61. The van der Waals surface area contributed by atoms with Crippen LogP contribution in [0.1, 0.15) is 25.0 Å². The highest BCUT2D eigenvalue weighted by Gasteiger charge is 2.45. The van der Waals surface area contributed by atoms with E-state index in [4.69, 9.17) is 0 Å². The number of carbonyl (C=O) groups excluding carboxylic acids is 2. The minimum absolute atomic E-state index is 0.0407. The van der Waals surface area contributed by atoms with E-state index in [1.807, 2.05) is 18.2 Å². The lowest BCUT2D eigenvalue weighted by atomic mass is 10.2. The van der Waals surface area contributed by atoms with Gasteiger partial charge in [0, 0.05) is 18.8 Å². The second kappa shape index (κ2) is 4.49. The van der Waals surface area contributed by atoms with E-state index in [2.05, 4.69) is 10.3 Å². The molecule has 18 heavy (non-hydrogen) atoms. The molecule has 0 aromatic carbocycles. The van der Waals surface area contributed by atoms with Gasteiger partial charge in [-0.2, -0.15) is 0 Å². The van der Waals surface area contributed by atoms with Gasteiger partial charge in [-0.25, -0.2) is 0 Å². The Hall–Kier alpha value is -1.75. The van der Waals surface area contributed by atoms with E-state index in [9.17, 15) is 9.59 Å². The second-order valence-electron chi connectivity index (χ2n) is 4.79. The van der Waals surface area contributed by atoms with Crippen LogP contribution in [0, 0.1) is 0 Å². The lowest BCUT2D eigenvalue weighted by Crippen LogP contribution is -2.39. The molecule has 2 amide bonds. The highest BCUT2D eigenvalue weighted by atomic mass is 16.2. The molecule has 1 aromatic rings. The molecule has 2 aliphatic rings. The van der Waals surface area contributed by atoms with E-state index in [0.717, 1.165) is 18.5 Å². The zero-order chi connectivity index (χ0) is 12.5. The number of hydrogen-bond donors (Lipinski definition) is 1. The Morgan fingerprint density at radius 1 is 1.33 bits per heavy atom. The lowest BCUT2D eigenvalue weighted by molar-refractivity contribution is -0.139. The fraction of sp³-hybridized carbons (Fsp3) is 0.462. The normalized spacial score (nSPS) is 23.8. The summed E-state index contributed by atoms with van der Waals surface area (Å²) in [6, 6.07) is 5.45. The maximum absolute atomic E-state index is 12.0. The fourth-order valence-corrected chi connectivity index (χ4v) is 2.26. The number of carbonyl (C=O) groups is 2. The number of aromatic nitrogens is 1. The summed E-state index contributed by atoms with van der Waals surface area (Å²) in [7, 11) is 0. The Morgan fingerprint density at radius 2 is 2.17 bits per heavy atom. The molecule has 0 bridgehead atoms. The molecule has 1 aliphatic heterocycles. The van der Waals surface area contributed by atoms with Gasteiger partial charge in [0.15, 0.2) is 0 Å². The van der Waals surface area contributed by atoms with E-state index >= 15 is 0 Å². The maximum Gasteiger partial charge on any atom is 0.247 e. The largest absolute Gasteiger partial charge is 0.300 e. The van der Waals surface area contributed by atoms with E-state index < -0.39 is 0 Å². The molecule has 0 radical (unpaired) electrons. The molecule has 1 atom stereocenters. The minimum atomic E-state index is -0.375. The summed E-state index contributed by atoms with van der Waals surface area (Å²) in [6.07, 6.45) is 3.92. The zero-order valence-corrected chi connectivity index (χ0v) is 10.0. The predicted octanol–water partition coefficient (Wildman–Crippen LogP) is 0.461. The number of rotatable bonds is 4. The third-order valence-corrected chi connectivity index (χ3v) is 3.35. The summed E-state index contributed by atoms with van der Waals surface area (Å²) in [6.45, 7) is 0.517. The zero-order valence-electron chi connectivity index (χ0n) is 10.0. The number of likely N-dealkylation sites (tertiary alicyclic amines) is 1. The van der Waals surface area contributed by atoms with Crippen molar-refractivity contribution in [3.63, 3.8) is 0 Å². The van der Waals surface area contributed by atoms with Gasteiger partial charge >= 0.3 is 0 Å². The van der Waals surface area contributed by atoms with E-state index in [1.165, 1.54) is 4.90 Å². The lowest BCUT2D eigenvalue weighted by Gasteiger charge is -2.14. The van der Waals surface area contributed by atoms with Crippen LogP contribution in [0.5, 0.6) is 0 Å². The molecule has 1 saturated carbocycles. The number of nitrogens with zero attached hydrogens (tertiary/aromatic N) is 2. The van der Waals surface area contributed by atoms with Gasteiger partial charge in [0.25, 0.3) is 0 Å². The second-order valence-corrected chi connectivity index (χ2v) is 4.79. The maximum atomic E-state index is 12.0. The highest BCUT2D eigenvalue weighted by Crippen LogP contribution is 2.31. The summed E-state index contributed by atoms with van der Waals surface area (Å²) < 4.78 is 0. The number of imide groups is 1. The van der Waals surface area contributed by atoms with E-state index in [-0.39, 0.29) is 30.3 Å². The quantitative estimate of drug-likeness (QED) is 0.783. The first-order valence-corrected chi connectivity index (χ1v) is 6.25. The minimum Gasteiger partial charge on any atom is -0.300 e. The van der Waals surface area contributed by atoms with Gasteiger partial charge in [-0.05, 0) is 25.0 Å². The molecule has 2 fully saturated rings. The molecule has 5 heteroatoms. The standard InChI is InChI=1S/C13H15N3O2/c17-12-7-11(13(18)16(12)10-4-5-10)15-8-9-3-1-2-6-14-9/h1-3,6,10-11,15H,4-5,7-8H2. The van der Waals surface area contributed by atoms with Gasteiger partial charge in [0.1, 0.15) is 0 Å². The number of amides is 2. The van der Waals surface area contributed by atoms with Crippen molar-refractivity contribution >= 4 is 11.8 Å². The van der Waals surface area contributed by atoms with Crippen molar-refractivity contribution in [1.29, 1.82) is 0 Å². The molecule has 1 N–H and O–H groups in total. The van der Waals surface area contributed by atoms with Gasteiger partial charge in [-0.15, -0.1) is 0 Å². The van der Waals surface area contributed by atoms with Crippen molar-refractivity contribution in [3.05, 3.63) is 30.1 Å². The molecule has 1 unspecified atom stereocenters. The van der Waals surface area contributed by atoms with Gasteiger partial charge < -0.3 is 0 Å². The van der Waals surface area contributed by atoms with Gasteiger partial charge in [-0.1, -0.05) is 6.07 Å². The van der Waals surface area contributed by atoms with Gasteiger partial charge in [-0.3, -0.25) is 24.8 Å². The van der Waals surface area contributed by atoms with Crippen molar-refractivity contribution in [2.45, 2.75) is 37.9 Å². The monoisotopic (exact) mass is 245 g/mol. The third kappa shape index (κ3) is 2.13. The highest BCUT2D eigenvalue weighted by molar-refractivity contribution is 6.06. The fourth-order valence-electron chi connectivity index (χ4n) is 2.26. The summed E-state index contributed by atoms with van der Waals surface area (Å²) in [4.78, 5) is 29.4. The van der Waals surface area contributed by atoms with Crippen LogP contribution >= 0.6 is 0 Å². The molecule has 1 aromatic heterocycles. The molecule has 0 spiro atoms. The molecular weight excluding hydrogens is 230 g/mol. The third-order valence-electron chi connectivity index (χ3n) is 3.35. The molecular formula is C13H15N3O2. The van der Waals surface area contributed by atoms with Crippen molar-refractivity contribution in [1.82, 2.24) is 15.2 Å². The van der Waals surface area contributed by atoms with E-state index in [0.29, 0.717) is 6.54 Å². The molecule has 3 rings (SSSR count). The Kier molecular flexibility index (Phi) is 2.83. The number of pyridine rings is 1. The first-order valence-electron chi connectivity index (χ1n) is 6.25. The van der Waals surface area contributed by atoms with Crippen LogP contribution in [-0.4, -0.2) is 33.8 Å². The Labute approximate surface area is 105 Å². The van der Waals surface area contributed by atoms with Gasteiger partial charge in [0.2, 0.25) is 11.8 Å². The summed E-state index contributed by atoms with van der Waals surface area (Å²) in [5, 5.41) is 3.12. The number of hydrogen-bond acceptors (Lipinski definition) is 4. The molecule has 94 valence electrons. The average molecular weight is 245 g/mol. The SMILES string of the molecule is O=C1CC(NCc2ccccn2)C(=O)N1C1CC1. The number of nitrogens with one attached hydrogen (secondary N) is 1. The Morgan fingerprint density at radius 3 is 2.83 bits per heavy atom. The summed E-state index contributed by atoms with van der Waals surface area (Å²) in [5.41, 5.74) is 0.877. The smallest absolute Gasteiger partial charge is 0.247 e. The van der Waals surface area contributed by atoms with Crippen LogP contribution in [0.2, 0.25) is 0 Å². The van der Waals surface area contributed by atoms with Crippen molar-refractivity contribution in [3.8, 4) is 0 Å². The van der Waals surface area contributed by atoms with Crippen LogP contribution in [0.25, 0.3) is 0 Å². The first kappa shape index (κ1) is 11.3. The van der Waals surface area contributed by atoms with Crippen molar-refractivity contribution < 1.29 is 9.59 Å². The predicted molar refractivity (Wildman–Crippen MR) is 64.4 cm³/mol. The van der Waals surface area contributed by atoms with Crippen LogP contribution in [0.15, 0.2) is 24.4 Å². The summed E-state index contributed by atoms with van der Waals surface area (Å²) in [5.74, 6) is -0.112. The Bertz CT molecular complexity index is 470. The first-order chi connectivity index (χ1) is 8.75. The molecule has 5 nitrogen and oxygen atoms in total. The summed E-state index contributed by atoms with van der Waals surface area (Å²) >= 11 is 0. The average Bonchev–Trinajstić information content (AvgIpc) is 3.16. The van der Waals surface area contributed by atoms with Crippen molar-refractivity contribution in [2.75, 3.05) is 0 Å². The topological polar surface area (TPSA) is 62.3 Å².